The minimum absolute atomic E-state index is 0.282. The zero-order chi connectivity index (χ0) is 26.8. The lowest BCUT2D eigenvalue weighted by atomic mass is 9.94. The van der Waals surface area contributed by atoms with Gasteiger partial charge < -0.3 is 0 Å². The molecule has 3 aromatic heterocycles. The first-order valence-corrected chi connectivity index (χ1v) is 13.2. The molecular weight excluding hydrogens is 494 g/mol. The van der Waals surface area contributed by atoms with Gasteiger partial charge >= 0.3 is 5.56 Å². The number of hydrogen-bond donors (Lipinski definition) is 0. The minimum atomic E-state index is -0.410. The van der Waals surface area contributed by atoms with Gasteiger partial charge in [0.05, 0.1) is 21.9 Å². The van der Waals surface area contributed by atoms with E-state index in [2.05, 4.69) is 24.3 Å². The SMILES string of the molecule is O=c1c2ccc(-c3ccccc3-c3ccccc3)cc2n2c3cc4cccc(-c5ccccc5)c4nc3c(=O)n12. The van der Waals surface area contributed by atoms with E-state index in [0.29, 0.717) is 16.4 Å². The van der Waals surface area contributed by atoms with Crippen molar-refractivity contribution in [2.45, 2.75) is 0 Å². The van der Waals surface area contributed by atoms with E-state index in [1.54, 1.807) is 4.52 Å². The van der Waals surface area contributed by atoms with Crippen molar-refractivity contribution in [2.75, 3.05) is 0 Å². The van der Waals surface area contributed by atoms with Crippen LogP contribution < -0.4 is 11.1 Å². The summed E-state index contributed by atoms with van der Waals surface area (Å²) in [5.41, 5.74) is 7.77. The molecule has 5 nitrogen and oxygen atoms in total. The number of nitrogens with zero attached hydrogens (tertiary/aromatic N) is 3. The summed E-state index contributed by atoms with van der Waals surface area (Å²) in [7, 11) is 0. The van der Waals surface area contributed by atoms with Gasteiger partial charge in [0.1, 0.15) is 0 Å². The number of hydrogen-bond acceptors (Lipinski definition) is 3. The number of rotatable bonds is 3. The summed E-state index contributed by atoms with van der Waals surface area (Å²) in [5.74, 6) is 0. The summed E-state index contributed by atoms with van der Waals surface area (Å²) in [4.78, 5) is 32.0. The molecule has 188 valence electrons. The van der Waals surface area contributed by atoms with Crippen molar-refractivity contribution in [1.29, 1.82) is 0 Å². The average Bonchev–Trinajstić information content (AvgIpc) is 3.47. The number of pyridine rings is 1. The summed E-state index contributed by atoms with van der Waals surface area (Å²) >= 11 is 0. The summed E-state index contributed by atoms with van der Waals surface area (Å²) < 4.78 is 2.95. The van der Waals surface area contributed by atoms with Crippen molar-refractivity contribution in [1.82, 2.24) is 14.0 Å². The van der Waals surface area contributed by atoms with Gasteiger partial charge in [-0.2, -0.15) is 4.52 Å². The number of para-hydroxylation sites is 1. The van der Waals surface area contributed by atoms with Crippen LogP contribution in [0.5, 0.6) is 0 Å². The van der Waals surface area contributed by atoms with Gasteiger partial charge in [0.2, 0.25) is 0 Å². The van der Waals surface area contributed by atoms with Crippen molar-refractivity contribution in [2.24, 2.45) is 0 Å². The lowest BCUT2D eigenvalue weighted by Crippen LogP contribution is -2.21. The Morgan fingerprint density at radius 1 is 0.450 bits per heavy atom. The van der Waals surface area contributed by atoms with Crippen LogP contribution in [0.15, 0.2) is 137 Å². The maximum absolute atomic E-state index is 13.6. The molecule has 40 heavy (non-hydrogen) atoms. The van der Waals surface area contributed by atoms with Gasteiger partial charge in [0, 0.05) is 10.9 Å². The molecule has 0 atom stereocenters. The molecule has 8 aromatic rings. The fraction of sp³-hybridized carbons (Fsp3) is 0. The molecule has 5 aromatic carbocycles. The second-order valence-corrected chi connectivity index (χ2v) is 9.98. The van der Waals surface area contributed by atoms with E-state index in [0.717, 1.165) is 44.3 Å². The molecule has 0 amide bonds. The average molecular weight is 516 g/mol. The molecule has 0 aliphatic carbocycles. The van der Waals surface area contributed by atoms with Crippen molar-refractivity contribution in [3.05, 3.63) is 148 Å². The first-order chi connectivity index (χ1) is 19.7. The van der Waals surface area contributed by atoms with Gasteiger partial charge in [-0.1, -0.05) is 109 Å². The topological polar surface area (TPSA) is 55.9 Å². The van der Waals surface area contributed by atoms with Crippen molar-refractivity contribution in [3.8, 4) is 33.4 Å². The molecule has 8 rings (SSSR count). The lowest BCUT2D eigenvalue weighted by molar-refractivity contribution is 0.841. The van der Waals surface area contributed by atoms with Crippen LogP contribution in [-0.2, 0) is 0 Å². The standard InChI is InChI=1S/C35H21N3O2/c39-34-29-19-18-24(27-16-8-7-15-26(27)22-10-3-1-4-11-22)20-30(29)37-31-21-25-14-9-17-28(23-12-5-2-6-13-23)32(25)36-33(31)35(40)38(34)37/h1-21H. The zero-order valence-electron chi connectivity index (χ0n) is 21.3. The number of benzene rings is 5. The molecule has 0 aliphatic heterocycles. The number of aromatic nitrogens is 3. The molecule has 0 bridgehead atoms. The molecule has 0 unspecified atom stereocenters. The third-order valence-electron chi connectivity index (χ3n) is 7.71. The Labute approximate surface area is 228 Å². The Kier molecular flexibility index (Phi) is 4.76. The van der Waals surface area contributed by atoms with Crippen molar-refractivity contribution in [3.63, 3.8) is 0 Å². The summed E-state index contributed by atoms with van der Waals surface area (Å²) in [6, 6.07) is 42.2. The van der Waals surface area contributed by atoms with Crippen molar-refractivity contribution >= 4 is 32.8 Å². The van der Waals surface area contributed by atoms with E-state index in [9.17, 15) is 9.59 Å². The Morgan fingerprint density at radius 3 is 1.80 bits per heavy atom. The highest BCUT2D eigenvalue weighted by Crippen LogP contribution is 2.34. The van der Waals surface area contributed by atoms with E-state index in [1.807, 2.05) is 103 Å². The highest BCUT2D eigenvalue weighted by molar-refractivity contribution is 6.00. The molecule has 0 fully saturated rings. The van der Waals surface area contributed by atoms with Gasteiger partial charge in [-0.15, -0.1) is 0 Å². The summed E-state index contributed by atoms with van der Waals surface area (Å²) in [6.45, 7) is 0. The van der Waals surface area contributed by atoms with E-state index in [4.69, 9.17) is 4.98 Å². The third kappa shape index (κ3) is 3.18. The fourth-order valence-electron chi connectivity index (χ4n) is 5.85. The van der Waals surface area contributed by atoms with Gasteiger partial charge in [-0.3, -0.25) is 9.59 Å². The predicted molar refractivity (Wildman–Crippen MR) is 161 cm³/mol. The van der Waals surface area contributed by atoms with Crippen LogP contribution in [0.3, 0.4) is 0 Å². The van der Waals surface area contributed by atoms with Crippen molar-refractivity contribution < 1.29 is 0 Å². The quantitative estimate of drug-likeness (QED) is 0.253. The maximum atomic E-state index is 13.6. The van der Waals surface area contributed by atoms with E-state index >= 15 is 0 Å². The molecule has 5 heteroatoms. The van der Waals surface area contributed by atoms with Crippen LogP contribution in [0.2, 0.25) is 0 Å². The third-order valence-corrected chi connectivity index (χ3v) is 7.71. The first-order valence-electron chi connectivity index (χ1n) is 13.2. The second kappa shape index (κ2) is 8.48. The van der Waals surface area contributed by atoms with Crippen LogP contribution in [0.25, 0.3) is 66.2 Å². The largest absolute Gasteiger partial charge is 0.301 e. The van der Waals surface area contributed by atoms with Gasteiger partial charge in [0.15, 0.2) is 5.52 Å². The molecule has 3 heterocycles. The first kappa shape index (κ1) is 22.4. The van der Waals surface area contributed by atoms with Crippen LogP contribution in [-0.4, -0.2) is 14.0 Å². The fourth-order valence-corrected chi connectivity index (χ4v) is 5.85. The number of fused-ring (bicyclic) bond motifs is 6. The normalized spacial score (nSPS) is 11.7. The maximum Gasteiger partial charge on any atom is 0.301 e. The van der Waals surface area contributed by atoms with Gasteiger partial charge in [0.25, 0.3) is 5.56 Å². The van der Waals surface area contributed by atoms with Gasteiger partial charge in [-0.25, -0.2) is 9.50 Å². The van der Waals surface area contributed by atoms with E-state index in [-0.39, 0.29) is 11.1 Å². The van der Waals surface area contributed by atoms with Crippen LogP contribution in [0.1, 0.15) is 0 Å². The van der Waals surface area contributed by atoms with E-state index in [1.165, 1.54) is 4.52 Å². The van der Waals surface area contributed by atoms with Crippen LogP contribution in [0, 0.1) is 0 Å². The highest BCUT2D eigenvalue weighted by Gasteiger charge is 2.21. The highest BCUT2D eigenvalue weighted by atomic mass is 16.2. The zero-order valence-corrected chi connectivity index (χ0v) is 21.3. The summed E-state index contributed by atoms with van der Waals surface area (Å²) in [6.07, 6.45) is 0. The minimum Gasteiger partial charge on any atom is -0.267 e. The van der Waals surface area contributed by atoms with E-state index < -0.39 is 5.56 Å². The Hall–Kier alpha value is -5.55. The second-order valence-electron chi connectivity index (χ2n) is 9.98. The molecule has 0 radical (unpaired) electrons. The monoisotopic (exact) mass is 515 g/mol. The van der Waals surface area contributed by atoms with Crippen LogP contribution >= 0.6 is 0 Å². The molecule has 0 aliphatic rings. The Balaban J connectivity index is 1.42. The van der Waals surface area contributed by atoms with Gasteiger partial charge in [-0.05, 0) is 46.0 Å². The molecular formula is C35H21N3O2. The lowest BCUT2D eigenvalue weighted by Gasteiger charge is -2.10. The smallest absolute Gasteiger partial charge is 0.267 e. The Morgan fingerprint density at radius 2 is 1.07 bits per heavy atom. The van der Waals surface area contributed by atoms with Crippen LogP contribution in [0.4, 0.5) is 0 Å². The summed E-state index contributed by atoms with van der Waals surface area (Å²) in [5, 5.41) is 1.40. The molecule has 0 saturated carbocycles. The Bertz CT molecular complexity index is 2350. The molecule has 0 saturated heterocycles. The predicted octanol–water partition coefficient (Wildman–Crippen LogP) is 7.05. The molecule has 0 N–H and O–H groups in total. The molecule has 0 spiro atoms.